The van der Waals surface area contributed by atoms with E-state index in [4.69, 9.17) is 4.52 Å². The monoisotopic (exact) mass is 258 g/mol. The largest absolute Gasteiger partial charge is 0.339 e. The molecule has 19 heavy (non-hydrogen) atoms. The molecule has 0 spiro atoms. The summed E-state index contributed by atoms with van der Waals surface area (Å²) in [5, 5.41) is 3.85. The Labute approximate surface area is 110 Å². The van der Waals surface area contributed by atoms with Crippen molar-refractivity contribution in [2.75, 3.05) is 0 Å². The van der Waals surface area contributed by atoms with Crippen LogP contribution in [0, 0.1) is 5.92 Å². The number of Topliss-reactive ketones (excluding diaryl/α,β-unsaturated/α-hetero) is 1. The summed E-state index contributed by atoms with van der Waals surface area (Å²) in [5.74, 6) is 1.63. The van der Waals surface area contributed by atoms with Crippen LogP contribution in [0.5, 0.6) is 0 Å². The lowest BCUT2D eigenvalue weighted by atomic mass is 9.86. The molecule has 2 aromatic rings. The zero-order chi connectivity index (χ0) is 13.1. The first-order valence-electron chi connectivity index (χ1n) is 6.45. The molecule has 0 bridgehead atoms. The van der Waals surface area contributed by atoms with Gasteiger partial charge in [-0.1, -0.05) is 11.6 Å². The molecule has 98 valence electrons. The van der Waals surface area contributed by atoms with E-state index in [2.05, 4.69) is 20.1 Å². The molecule has 0 N–H and O–H groups in total. The molecule has 6 heteroatoms. The minimum absolute atomic E-state index is 0.0266. The molecule has 0 saturated heterocycles. The van der Waals surface area contributed by atoms with Gasteiger partial charge in [0.05, 0.1) is 0 Å². The lowest BCUT2D eigenvalue weighted by molar-refractivity contribution is -0.124. The van der Waals surface area contributed by atoms with Crippen molar-refractivity contribution in [2.45, 2.75) is 32.1 Å². The maximum atomic E-state index is 11.8. The quantitative estimate of drug-likeness (QED) is 0.835. The van der Waals surface area contributed by atoms with E-state index in [1.54, 1.807) is 18.5 Å². The molecule has 2 heterocycles. The van der Waals surface area contributed by atoms with E-state index in [-0.39, 0.29) is 5.92 Å². The zero-order valence-corrected chi connectivity index (χ0v) is 10.5. The first kappa shape index (κ1) is 12.0. The number of rotatable bonds is 3. The third-order valence-electron chi connectivity index (χ3n) is 3.34. The lowest BCUT2D eigenvalue weighted by Gasteiger charge is -2.18. The molecule has 2 aromatic heterocycles. The predicted molar refractivity (Wildman–Crippen MR) is 66.0 cm³/mol. The maximum Gasteiger partial charge on any atom is 0.240 e. The van der Waals surface area contributed by atoms with Gasteiger partial charge in [0.25, 0.3) is 0 Å². The summed E-state index contributed by atoms with van der Waals surface area (Å²) in [7, 11) is 0. The second-order valence-corrected chi connectivity index (χ2v) is 4.70. The fourth-order valence-electron chi connectivity index (χ4n) is 2.32. The first-order chi connectivity index (χ1) is 9.33. The molecule has 1 atom stereocenters. The fraction of sp³-hybridized carbons (Fsp3) is 0.462. The summed E-state index contributed by atoms with van der Waals surface area (Å²) in [6, 6.07) is 1.73. The maximum absolute atomic E-state index is 11.8. The van der Waals surface area contributed by atoms with Gasteiger partial charge in [-0.25, -0.2) is 9.97 Å². The van der Waals surface area contributed by atoms with Crippen molar-refractivity contribution < 1.29 is 9.32 Å². The molecule has 1 fully saturated rings. The molecule has 1 unspecified atom stereocenters. The third kappa shape index (κ3) is 2.67. The zero-order valence-electron chi connectivity index (χ0n) is 10.5. The van der Waals surface area contributed by atoms with E-state index in [1.807, 2.05) is 0 Å². The van der Waals surface area contributed by atoms with Gasteiger partial charge in [-0.05, 0) is 18.9 Å². The molecule has 0 radical (unpaired) electrons. The van der Waals surface area contributed by atoms with Gasteiger partial charge in [-0.2, -0.15) is 4.98 Å². The lowest BCUT2D eigenvalue weighted by Crippen LogP contribution is -2.21. The van der Waals surface area contributed by atoms with Gasteiger partial charge >= 0.3 is 0 Å². The van der Waals surface area contributed by atoms with Gasteiger partial charge in [-0.15, -0.1) is 0 Å². The van der Waals surface area contributed by atoms with Crippen LogP contribution in [0.3, 0.4) is 0 Å². The van der Waals surface area contributed by atoms with Crippen LogP contribution in [0.2, 0.25) is 0 Å². The van der Waals surface area contributed by atoms with Crippen molar-refractivity contribution in [2.24, 2.45) is 5.92 Å². The molecule has 0 aliphatic heterocycles. The smallest absolute Gasteiger partial charge is 0.240 e. The standard InChI is InChI=1S/C13H14N4O2/c18-10-5-2-1-4-9(10)8-11-16-13(17-19-11)12-14-6-3-7-15-12/h3,6-7,9H,1-2,4-5,8H2. The number of carbonyl (C=O) groups excluding carboxylic acids is 1. The van der Waals surface area contributed by atoms with Crippen molar-refractivity contribution >= 4 is 5.78 Å². The van der Waals surface area contributed by atoms with Crippen LogP contribution in [-0.2, 0) is 11.2 Å². The van der Waals surface area contributed by atoms with Crippen LogP contribution in [-0.4, -0.2) is 25.9 Å². The Hall–Kier alpha value is -2.11. The highest BCUT2D eigenvalue weighted by molar-refractivity contribution is 5.81. The summed E-state index contributed by atoms with van der Waals surface area (Å²) in [6.45, 7) is 0. The van der Waals surface area contributed by atoms with Crippen LogP contribution in [0.1, 0.15) is 31.6 Å². The fourth-order valence-corrected chi connectivity index (χ4v) is 2.32. The summed E-state index contributed by atoms with van der Waals surface area (Å²) in [5.41, 5.74) is 0. The third-order valence-corrected chi connectivity index (χ3v) is 3.34. The Morgan fingerprint density at radius 2 is 2.05 bits per heavy atom. The Bertz CT molecular complexity index is 567. The normalized spacial score (nSPS) is 19.6. The molecule has 1 aliphatic carbocycles. The number of hydrogen-bond acceptors (Lipinski definition) is 6. The summed E-state index contributed by atoms with van der Waals surface area (Å²) >= 11 is 0. The van der Waals surface area contributed by atoms with E-state index in [1.165, 1.54) is 0 Å². The summed E-state index contributed by atoms with van der Waals surface area (Å²) in [6.07, 6.45) is 7.47. The van der Waals surface area contributed by atoms with Crippen molar-refractivity contribution in [3.63, 3.8) is 0 Å². The Morgan fingerprint density at radius 1 is 1.21 bits per heavy atom. The molecular weight excluding hydrogens is 244 g/mol. The molecular formula is C13H14N4O2. The van der Waals surface area contributed by atoms with Gasteiger partial charge in [0, 0.05) is 31.2 Å². The average Bonchev–Trinajstić information content (AvgIpc) is 2.91. The van der Waals surface area contributed by atoms with E-state index >= 15 is 0 Å². The molecule has 3 rings (SSSR count). The van der Waals surface area contributed by atoms with Crippen LogP contribution in [0.15, 0.2) is 23.0 Å². The van der Waals surface area contributed by atoms with Crippen molar-refractivity contribution in [1.82, 2.24) is 20.1 Å². The second-order valence-electron chi connectivity index (χ2n) is 4.70. The van der Waals surface area contributed by atoms with Crippen LogP contribution < -0.4 is 0 Å². The van der Waals surface area contributed by atoms with Crippen LogP contribution >= 0.6 is 0 Å². The molecule has 0 amide bonds. The molecule has 1 aliphatic rings. The van der Waals surface area contributed by atoms with Gasteiger partial charge in [-0.3, -0.25) is 4.79 Å². The highest BCUT2D eigenvalue weighted by atomic mass is 16.5. The number of hydrogen-bond donors (Lipinski definition) is 0. The minimum Gasteiger partial charge on any atom is -0.339 e. The van der Waals surface area contributed by atoms with Crippen LogP contribution in [0.4, 0.5) is 0 Å². The van der Waals surface area contributed by atoms with Crippen molar-refractivity contribution in [1.29, 1.82) is 0 Å². The van der Waals surface area contributed by atoms with Gasteiger partial charge in [0.15, 0.2) is 0 Å². The SMILES string of the molecule is O=C1CCCCC1Cc1nc(-c2ncccn2)no1. The van der Waals surface area contributed by atoms with Gasteiger partial charge in [0.1, 0.15) is 5.78 Å². The predicted octanol–water partition coefficient (Wildman–Crippen LogP) is 1.83. The highest BCUT2D eigenvalue weighted by Crippen LogP contribution is 2.24. The average molecular weight is 258 g/mol. The van der Waals surface area contributed by atoms with E-state index < -0.39 is 0 Å². The molecule has 0 aromatic carbocycles. The van der Waals surface area contributed by atoms with Crippen LogP contribution in [0.25, 0.3) is 11.6 Å². The molecule has 6 nitrogen and oxygen atoms in total. The number of carbonyl (C=O) groups is 1. The van der Waals surface area contributed by atoms with E-state index in [0.717, 1.165) is 19.3 Å². The molecule has 1 saturated carbocycles. The van der Waals surface area contributed by atoms with Crippen molar-refractivity contribution in [3.05, 3.63) is 24.4 Å². The number of aromatic nitrogens is 4. The summed E-state index contributed by atoms with van der Waals surface area (Å²) in [4.78, 5) is 24.1. The Balaban J connectivity index is 1.73. The Morgan fingerprint density at radius 3 is 2.84 bits per heavy atom. The Kier molecular flexibility index (Phi) is 3.31. The summed E-state index contributed by atoms with van der Waals surface area (Å²) < 4.78 is 5.18. The minimum atomic E-state index is 0.0266. The highest BCUT2D eigenvalue weighted by Gasteiger charge is 2.25. The van der Waals surface area contributed by atoms with Crippen molar-refractivity contribution in [3.8, 4) is 11.6 Å². The number of nitrogens with zero attached hydrogens (tertiary/aromatic N) is 4. The number of ketones is 1. The first-order valence-corrected chi connectivity index (χ1v) is 6.45. The second kappa shape index (κ2) is 5.26. The van der Waals surface area contributed by atoms with Gasteiger partial charge in [0.2, 0.25) is 17.5 Å². The van der Waals surface area contributed by atoms with E-state index in [0.29, 0.717) is 36.2 Å². The van der Waals surface area contributed by atoms with E-state index in [9.17, 15) is 4.79 Å². The topological polar surface area (TPSA) is 81.8 Å². The van der Waals surface area contributed by atoms with Gasteiger partial charge < -0.3 is 4.52 Å².